The third kappa shape index (κ3) is 3.53. The molecule has 0 aromatic heterocycles. The van der Waals surface area contributed by atoms with Crippen LogP contribution < -0.4 is 11.3 Å². The molecule has 1 fully saturated rings. The van der Waals surface area contributed by atoms with Crippen LogP contribution in [-0.2, 0) is 0 Å². The van der Waals surface area contributed by atoms with Gasteiger partial charge in [0, 0.05) is 16.1 Å². The van der Waals surface area contributed by atoms with Crippen LogP contribution in [0.1, 0.15) is 50.1 Å². The highest BCUT2D eigenvalue weighted by Crippen LogP contribution is 2.33. The first-order chi connectivity index (χ1) is 8.70. The van der Waals surface area contributed by atoms with Crippen LogP contribution in [0.3, 0.4) is 0 Å². The molecule has 1 unspecified atom stereocenters. The third-order valence-corrected chi connectivity index (χ3v) is 4.32. The van der Waals surface area contributed by atoms with E-state index in [0.717, 1.165) is 10.9 Å². The molecule has 1 atom stereocenters. The summed E-state index contributed by atoms with van der Waals surface area (Å²) in [5, 5.41) is 0. The second-order valence-electron chi connectivity index (χ2n) is 5.12. The second-order valence-corrected chi connectivity index (χ2v) is 6.04. The molecule has 1 aliphatic carbocycles. The quantitative estimate of drug-likeness (QED) is 0.649. The molecule has 0 bridgehead atoms. The van der Waals surface area contributed by atoms with Crippen molar-refractivity contribution in [1.82, 2.24) is 5.43 Å². The summed E-state index contributed by atoms with van der Waals surface area (Å²) in [4.78, 5) is 0. The summed E-state index contributed by atoms with van der Waals surface area (Å²) in [7, 11) is 0. The van der Waals surface area contributed by atoms with E-state index in [1.807, 2.05) is 6.07 Å². The fraction of sp³-hybridized carbons (Fsp3) is 0.571. The molecule has 1 aromatic carbocycles. The van der Waals surface area contributed by atoms with E-state index in [4.69, 9.17) is 5.84 Å². The van der Waals surface area contributed by atoms with Gasteiger partial charge in [-0.3, -0.25) is 11.3 Å². The Labute approximate surface area is 116 Å². The monoisotopic (exact) mass is 314 g/mol. The van der Waals surface area contributed by atoms with Gasteiger partial charge in [-0.1, -0.05) is 48.0 Å². The average molecular weight is 315 g/mol. The molecule has 0 aliphatic heterocycles. The Balaban J connectivity index is 2.09. The van der Waals surface area contributed by atoms with E-state index in [1.165, 1.54) is 38.2 Å². The molecule has 3 N–H and O–H groups in total. The van der Waals surface area contributed by atoms with Gasteiger partial charge in [0.25, 0.3) is 0 Å². The van der Waals surface area contributed by atoms with Crippen molar-refractivity contribution in [2.45, 2.75) is 44.6 Å². The smallest absolute Gasteiger partial charge is 0.128 e. The minimum absolute atomic E-state index is 0.0920. The summed E-state index contributed by atoms with van der Waals surface area (Å²) in [6, 6.07) is 4.94. The number of hydrazine groups is 1. The lowest BCUT2D eigenvalue weighted by Crippen LogP contribution is -2.30. The summed E-state index contributed by atoms with van der Waals surface area (Å²) < 4.78 is 14.7. The Bertz CT molecular complexity index is 391. The maximum Gasteiger partial charge on any atom is 0.128 e. The van der Waals surface area contributed by atoms with Crippen LogP contribution in [0.4, 0.5) is 4.39 Å². The molecule has 0 spiro atoms. The Morgan fingerprint density at radius 2 is 2.06 bits per heavy atom. The molecular formula is C14H20BrFN2. The van der Waals surface area contributed by atoms with Crippen LogP contribution in [0, 0.1) is 11.7 Å². The summed E-state index contributed by atoms with van der Waals surface area (Å²) in [6.07, 6.45) is 7.33. The van der Waals surface area contributed by atoms with Crippen LogP contribution in [0.2, 0.25) is 0 Å². The zero-order chi connectivity index (χ0) is 13.0. The number of halogens is 2. The van der Waals surface area contributed by atoms with Gasteiger partial charge in [0.05, 0.1) is 0 Å². The van der Waals surface area contributed by atoms with Gasteiger partial charge in [-0.25, -0.2) is 4.39 Å². The molecule has 1 aromatic rings. The molecule has 1 saturated carbocycles. The standard InChI is InChI=1S/C14H20BrFN2/c15-11-6-7-13(16)12(9-11)14(18-17)8-10-4-2-1-3-5-10/h6-7,9-10,14,18H,1-5,8,17H2. The largest absolute Gasteiger partial charge is 0.271 e. The van der Waals surface area contributed by atoms with Gasteiger partial charge in [-0.15, -0.1) is 0 Å². The summed E-state index contributed by atoms with van der Waals surface area (Å²) in [5.74, 6) is 6.09. The third-order valence-electron chi connectivity index (χ3n) is 3.83. The lowest BCUT2D eigenvalue weighted by atomic mass is 9.83. The van der Waals surface area contributed by atoms with E-state index in [0.29, 0.717) is 11.5 Å². The van der Waals surface area contributed by atoms with E-state index >= 15 is 0 Å². The van der Waals surface area contributed by atoms with E-state index in [-0.39, 0.29) is 11.9 Å². The highest BCUT2D eigenvalue weighted by molar-refractivity contribution is 9.10. The minimum Gasteiger partial charge on any atom is -0.271 e. The van der Waals surface area contributed by atoms with Gasteiger partial charge in [0.2, 0.25) is 0 Å². The first kappa shape index (κ1) is 14.0. The number of hydrogen-bond donors (Lipinski definition) is 2. The number of benzene rings is 1. The number of hydrogen-bond acceptors (Lipinski definition) is 2. The molecule has 18 heavy (non-hydrogen) atoms. The van der Waals surface area contributed by atoms with E-state index in [9.17, 15) is 4.39 Å². The van der Waals surface area contributed by atoms with Crippen molar-refractivity contribution in [3.63, 3.8) is 0 Å². The minimum atomic E-state index is -0.183. The zero-order valence-corrected chi connectivity index (χ0v) is 12.0. The first-order valence-corrected chi connectivity index (χ1v) is 7.41. The predicted molar refractivity (Wildman–Crippen MR) is 75.4 cm³/mol. The molecule has 4 heteroatoms. The van der Waals surface area contributed by atoms with Gasteiger partial charge < -0.3 is 0 Å². The van der Waals surface area contributed by atoms with Gasteiger partial charge in [0.1, 0.15) is 5.82 Å². The van der Waals surface area contributed by atoms with Crippen LogP contribution in [0.5, 0.6) is 0 Å². The normalized spacial score (nSPS) is 18.8. The van der Waals surface area contributed by atoms with Gasteiger partial charge in [-0.05, 0) is 30.5 Å². The summed E-state index contributed by atoms with van der Waals surface area (Å²) in [5.41, 5.74) is 3.44. The Hall–Kier alpha value is -0.450. The topological polar surface area (TPSA) is 38.0 Å². The van der Waals surface area contributed by atoms with E-state index in [2.05, 4.69) is 21.4 Å². The molecule has 0 heterocycles. The molecule has 2 nitrogen and oxygen atoms in total. The Morgan fingerprint density at radius 1 is 1.33 bits per heavy atom. The van der Waals surface area contributed by atoms with Crippen LogP contribution >= 0.6 is 15.9 Å². The molecule has 0 amide bonds. The highest BCUT2D eigenvalue weighted by atomic mass is 79.9. The number of nitrogens with one attached hydrogen (secondary N) is 1. The Morgan fingerprint density at radius 3 is 2.72 bits per heavy atom. The predicted octanol–water partition coefficient (Wildman–Crippen LogP) is 4.06. The van der Waals surface area contributed by atoms with Crippen LogP contribution in [0.15, 0.2) is 22.7 Å². The van der Waals surface area contributed by atoms with Gasteiger partial charge >= 0.3 is 0 Å². The SMILES string of the molecule is NNC(CC1CCCCC1)c1cc(Br)ccc1F. The van der Waals surface area contributed by atoms with Gasteiger partial charge in [-0.2, -0.15) is 0 Å². The second kappa shape index (κ2) is 6.64. The number of nitrogens with two attached hydrogens (primary N) is 1. The average Bonchev–Trinajstić information content (AvgIpc) is 2.40. The molecule has 0 radical (unpaired) electrons. The molecule has 100 valence electrons. The van der Waals surface area contributed by atoms with Crippen molar-refractivity contribution in [2.24, 2.45) is 11.8 Å². The van der Waals surface area contributed by atoms with Crippen molar-refractivity contribution < 1.29 is 4.39 Å². The van der Waals surface area contributed by atoms with Crippen molar-refractivity contribution in [1.29, 1.82) is 0 Å². The summed E-state index contributed by atoms with van der Waals surface area (Å²) in [6.45, 7) is 0. The van der Waals surface area contributed by atoms with E-state index in [1.54, 1.807) is 6.07 Å². The van der Waals surface area contributed by atoms with Crippen molar-refractivity contribution in [2.75, 3.05) is 0 Å². The van der Waals surface area contributed by atoms with Crippen molar-refractivity contribution in [3.8, 4) is 0 Å². The Kier molecular flexibility index (Phi) is 5.15. The molecule has 2 rings (SSSR count). The van der Waals surface area contributed by atoms with E-state index < -0.39 is 0 Å². The molecule has 0 saturated heterocycles. The van der Waals surface area contributed by atoms with Crippen LogP contribution in [0.25, 0.3) is 0 Å². The molecule has 1 aliphatic rings. The molecular weight excluding hydrogens is 295 g/mol. The van der Waals surface area contributed by atoms with Crippen molar-refractivity contribution in [3.05, 3.63) is 34.1 Å². The zero-order valence-electron chi connectivity index (χ0n) is 10.5. The lowest BCUT2D eigenvalue weighted by Gasteiger charge is -2.26. The maximum absolute atomic E-state index is 13.8. The first-order valence-electron chi connectivity index (χ1n) is 6.62. The fourth-order valence-corrected chi connectivity index (χ4v) is 3.20. The highest BCUT2D eigenvalue weighted by Gasteiger charge is 2.21. The summed E-state index contributed by atoms with van der Waals surface area (Å²) >= 11 is 3.38. The lowest BCUT2D eigenvalue weighted by molar-refractivity contribution is 0.298. The van der Waals surface area contributed by atoms with Gasteiger partial charge in [0.15, 0.2) is 0 Å². The maximum atomic E-state index is 13.8. The van der Waals surface area contributed by atoms with Crippen LogP contribution in [-0.4, -0.2) is 0 Å². The van der Waals surface area contributed by atoms with Crippen molar-refractivity contribution >= 4 is 15.9 Å². The fourth-order valence-electron chi connectivity index (χ4n) is 2.82. The number of rotatable bonds is 4.